The summed E-state index contributed by atoms with van der Waals surface area (Å²) in [6, 6.07) is 9.41. The average molecular weight is 329 g/mol. The van der Waals surface area contributed by atoms with Crippen molar-refractivity contribution < 1.29 is 9.52 Å². The average Bonchev–Trinajstić information content (AvgIpc) is 3.05. The summed E-state index contributed by atoms with van der Waals surface area (Å²) in [7, 11) is 0. The summed E-state index contributed by atoms with van der Waals surface area (Å²) in [4.78, 5) is 15.8. The maximum atomic E-state index is 11.3. The van der Waals surface area contributed by atoms with Gasteiger partial charge in [0, 0.05) is 11.6 Å². The first-order valence-corrected chi connectivity index (χ1v) is 8.09. The molecule has 2 N–H and O–H groups in total. The second-order valence-corrected chi connectivity index (χ2v) is 5.84. The lowest BCUT2D eigenvalue weighted by Crippen LogP contribution is -1.99. The van der Waals surface area contributed by atoms with Crippen LogP contribution in [0.25, 0.3) is 11.4 Å². The van der Waals surface area contributed by atoms with Crippen molar-refractivity contribution in [2.45, 2.75) is 24.3 Å². The highest BCUT2D eigenvalue weighted by molar-refractivity contribution is 7.98. The Kier molecular flexibility index (Phi) is 4.47. The zero-order chi connectivity index (χ0) is 16.2. The molecule has 3 rings (SSSR count). The second-order valence-electron chi connectivity index (χ2n) is 4.90. The molecule has 0 saturated carbocycles. The van der Waals surface area contributed by atoms with Crippen LogP contribution in [0.4, 0.5) is 0 Å². The third-order valence-corrected chi connectivity index (χ3v) is 4.18. The first-order chi connectivity index (χ1) is 11.2. The van der Waals surface area contributed by atoms with Crippen LogP contribution < -0.4 is 5.43 Å². The van der Waals surface area contributed by atoms with Crippen LogP contribution in [-0.4, -0.2) is 20.3 Å². The molecule has 6 nitrogen and oxygen atoms in total. The molecule has 2 aromatic heterocycles. The van der Waals surface area contributed by atoms with Crippen LogP contribution in [0.1, 0.15) is 18.2 Å². The van der Waals surface area contributed by atoms with Crippen molar-refractivity contribution in [2.24, 2.45) is 0 Å². The Morgan fingerprint density at radius 3 is 2.78 bits per heavy atom. The summed E-state index contributed by atoms with van der Waals surface area (Å²) in [6.45, 7) is 2.11. The molecule has 0 unspecified atom stereocenters. The van der Waals surface area contributed by atoms with E-state index in [-0.39, 0.29) is 0 Å². The van der Waals surface area contributed by atoms with Gasteiger partial charge in [0.2, 0.25) is 10.6 Å². The molecule has 0 aliphatic rings. The van der Waals surface area contributed by atoms with Crippen molar-refractivity contribution in [3.8, 4) is 17.1 Å². The van der Waals surface area contributed by atoms with E-state index in [9.17, 15) is 4.79 Å². The number of benzene rings is 1. The molecular formula is C16H15N3O3S. The fourth-order valence-electron chi connectivity index (χ4n) is 1.99. The molecule has 3 aromatic rings. The Balaban J connectivity index is 1.69. The van der Waals surface area contributed by atoms with Crippen LogP contribution in [0.15, 0.2) is 51.0 Å². The Hall–Kier alpha value is -2.54. The number of rotatable bonds is 5. The number of aromatic amines is 1. The van der Waals surface area contributed by atoms with Crippen molar-refractivity contribution in [2.75, 3.05) is 0 Å². The van der Waals surface area contributed by atoms with Gasteiger partial charge < -0.3 is 9.52 Å². The molecule has 0 radical (unpaired) electrons. The summed E-state index contributed by atoms with van der Waals surface area (Å²) >= 11 is 1.34. The number of H-pyrrole nitrogens is 1. The summed E-state index contributed by atoms with van der Waals surface area (Å²) in [5, 5.41) is 16.8. The topological polar surface area (TPSA) is 92.0 Å². The van der Waals surface area contributed by atoms with Crippen LogP contribution in [0, 0.1) is 0 Å². The summed E-state index contributed by atoms with van der Waals surface area (Å²) in [5.74, 6) is 1.16. The molecule has 0 aliphatic heterocycles. The number of aromatic hydroxyl groups is 1. The van der Waals surface area contributed by atoms with Gasteiger partial charge in [0.05, 0.1) is 5.75 Å². The molecule has 2 heterocycles. The smallest absolute Gasteiger partial charge is 0.226 e. The third kappa shape index (κ3) is 3.62. The SMILES string of the molecule is CCc1ccc(-c2nc(SCc3cc(=O)c(O)co3)n[nH]2)cc1. The van der Waals surface area contributed by atoms with Crippen LogP contribution in [0.3, 0.4) is 0 Å². The van der Waals surface area contributed by atoms with Crippen LogP contribution in [-0.2, 0) is 12.2 Å². The van der Waals surface area contributed by atoms with Gasteiger partial charge >= 0.3 is 0 Å². The quantitative estimate of drug-likeness (QED) is 0.699. The Bertz CT molecular complexity index is 856. The summed E-state index contributed by atoms with van der Waals surface area (Å²) in [6.07, 6.45) is 2.03. The number of aromatic nitrogens is 3. The standard InChI is InChI=1S/C16H15N3O3S/c1-2-10-3-5-11(6-4-10)15-17-16(19-18-15)23-9-12-7-13(20)14(21)8-22-12/h3-8,21H,2,9H2,1H3,(H,17,18,19). The fourth-order valence-corrected chi connectivity index (χ4v) is 2.68. The third-order valence-electron chi connectivity index (χ3n) is 3.31. The van der Waals surface area contributed by atoms with Gasteiger partial charge in [0.1, 0.15) is 12.0 Å². The minimum absolute atomic E-state index is 0.394. The van der Waals surface area contributed by atoms with E-state index in [0.29, 0.717) is 22.5 Å². The van der Waals surface area contributed by atoms with Crippen molar-refractivity contribution in [3.63, 3.8) is 0 Å². The van der Waals surface area contributed by atoms with Crippen molar-refractivity contribution in [1.29, 1.82) is 0 Å². The molecule has 0 fully saturated rings. The molecule has 0 saturated heterocycles. The largest absolute Gasteiger partial charge is 0.502 e. The second kappa shape index (κ2) is 6.70. The molecule has 0 atom stereocenters. The lowest BCUT2D eigenvalue weighted by molar-refractivity contribution is 0.419. The minimum Gasteiger partial charge on any atom is -0.502 e. The van der Waals surface area contributed by atoms with Crippen LogP contribution >= 0.6 is 11.8 Å². The Morgan fingerprint density at radius 1 is 1.30 bits per heavy atom. The first-order valence-electron chi connectivity index (χ1n) is 7.11. The Morgan fingerprint density at radius 2 is 2.09 bits per heavy atom. The number of hydrogen-bond donors (Lipinski definition) is 2. The van der Waals surface area contributed by atoms with E-state index in [1.54, 1.807) is 0 Å². The van der Waals surface area contributed by atoms with Gasteiger partial charge in [-0.25, -0.2) is 4.98 Å². The molecule has 118 valence electrons. The highest BCUT2D eigenvalue weighted by Crippen LogP contribution is 2.22. The van der Waals surface area contributed by atoms with Gasteiger partial charge in [-0.1, -0.05) is 43.0 Å². The van der Waals surface area contributed by atoms with Gasteiger partial charge in [0.15, 0.2) is 11.6 Å². The molecular weight excluding hydrogens is 314 g/mol. The maximum absolute atomic E-state index is 11.3. The van der Waals surface area contributed by atoms with E-state index in [1.807, 2.05) is 12.1 Å². The van der Waals surface area contributed by atoms with E-state index < -0.39 is 11.2 Å². The number of aryl methyl sites for hydroxylation is 1. The van der Waals surface area contributed by atoms with Gasteiger partial charge in [-0.15, -0.1) is 5.10 Å². The van der Waals surface area contributed by atoms with E-state index in [4.69, 9.17) is 9.52 Å². The lowest BCUT2D eigenvalue weighted by Gasteiger charge is -1.98. The fraction of sp³-hybridized carbons (Fsp3) is 0.188. The predicted octanol–water partition coefficient (Wildman–Crippen LogP) is 2.99. The first kappa shape index (κ1) is 15.4. The van der Waals surface area contributed by atoms with E-state index >= 15 is 0 Å². The zero-order valence-corrected chi connectivity index (χ0v) is 13.3. The summed E-state index contributed by atoms with van der Waals surface area (Å²) in [5.41, 5.74) is 1.78. The normalized spacial score (nSPS) is 10.8. The lowest BCUT2D eigenvalue weighted by atomic mass is 10.1. The van der Waals surface area contributed by atoms with E-state index in [0.717, 1.165) is 18.2 Å². The van der Waals surface area contributed by atoms with E-state index in [2.05, 4.69) is 34.2 Å². The van der Waals surface area contributed by atoms with Crippen molar-refractivity contribution >= 4 is 11.8 Å². The molecule has 0 amide bonds. The van der Waals surface area contributed by atoms with Gasteiger partial charge in [-0.2, -0.15) is 0 Å². The highest BCUT2D eigenvalue weighted by Gasteiger charge is 2.08. The molecule has 0 spiro atoms. The molecule has 0 aliphatic carbocycles. The van der Waals surface area contributed by atoms with Crippen LogP contribution in [0.2, 0.25) is 0 Å². The van der Waals surface area contributed by atoms with Crippen LogP contribution in [0.5, 0.6) is 5.75 Å². The molecule has 23 heavy (non-hydrogen) atoms. The number of nitrogens with one attached hydrogen (secondary N) is 1. The highest BCUT2D eigenvalue weighted by atomic mass is 32.2. The minimum atomic E-state index is -0.460. The summed E-state index contributed by atoms with van der Waals surface area (Å²) < 4.78 is 5.14. The van der Waals surface area contributed by atoms with E-state index in [1.165, 1.54) is 23.4 Å². The molecule has 1 aromatic carbocycles. The van der Waals surface area contributed by atoms with Gasteiger partial charge in [-0.05, 0) is 12.0 Å². The number of nitrogens with zero attached hydrogens (tertiary/aromatic N) is 2. The maximum Gasteiger partial charge on any atom is 0.226 e. The predicted molar refractivity (Wildman–Crippen MR) is 87.4 cm³/mol. The number of thioether (sulfide) groups is 1. The van der Waals surface area contributed by atoms with Crippen molar-refractivity contribution in [1.82, 2.24) is 15.2 Å². The monoisotopic (exact) mass is 329 g/mol. The molecule has 7 heteroatoms. The molecule has 0 bridgehead atoms. The number of hydrogen-bond acceptors (Lipinski definition) is 6. The van der Waals surface area contributed by atoms with Gasteiger partial charge in [0.25, 0.3) is 0 Å². The van der Waals surface area contributed by atoms with Gasteiger partial charge in [-0.3, -0.25) is 9.89 Å². The Labute approximate surface area is 136 Å². The zero-order valence-electron chi connectivity index (χ0n) is 12.4. The van der Waals surface area contributed by atoms with Crippen molar-refractivity contribution in [3.05, 3.63) is 58.1 Å².